The molecule has 2 aliphatic rings. The summed E-state index contributed by atoms with van der Waals surface area (Å²) in [5, 5.41) is 5.89. The number of hydrogen-bond acceptors (Lipinski definition) is 5. The van der Waals surface area contributed by atoms with Crippen molar-refractivity contribution in [3.63, 3.8) is 0 Å². The lowest BCUT2D eigenvalue weighted by Crippen LogP contribution is -2.54. The molecule has 0 aromatic rings. The fourth-order valence-electron chi connectivity index (χ4n) is 3.34. The minimum Gasteiger partial charge on any atom is -0.444 e. The third-order valence-electron chi connectivity index (χ3n) is 4.57. The number of hydrogen-bond donors (Lipinski definition) is 2. The molecule has 2 N–H and O–H groups in total. The summed E-state index contributed by atoms with van der Waals surface area (Å²) >= 11 is 0. The topological polar surface area (TPSA) is 97.0 Å². The summed E-state index contributed by atoms with van der Waals surface area (Å²) in [7, 11) is 0. The highest BCUT2D eigenvalue weighted by Crippen LogP contribution is 2.21. The predicted octanol–water partition coefficient (Wildman–Crippen LogP) is 3.12. The van der Waals surface area contributed by atoms with Crippen molar-refractivity contribution in [3.05, 3.63) is 11.6 Å². The first-order valence-corrected chi connectivity index (χ1v) is 10.3. The molecule has 1 saturated carbocycles. The van der Waals surface area contributed by atoms with Crippen LogP contribution in [0.25, 0.3) is 0 Å². The number of rotatable bonds is 3. The highest BCUT2D eigenvalue weighted by molar-refractivity contribution is 5.89. The lowest BCUT2D eigenvalue weighted by molar-refractivity contribution is -0.117. The summed E-state index contributed by atoms with van der Waals surface area (Å²) in [4.78, 5) is 38.0. The SMILES string of the molecule is CC(C)(C)OC(=O)N[C@@H]1CCCC[C@H]1NC(=O)C=C1CN(C(=O)OC(C)(C)C)C1. The van der Waals surface area contributed by atoms with E-state index in [0.717, 1.165) is 31.3 Å². The van der Waals surface area contributed by atoms with Gasteiger partial charge in [-0.25, -0.2) is 9.59 Å². The molecule has 2 fully saturated rings. The van der Waals surface area contributed by atoms with Crippen LogP contribution < -0.4 is 10.6 Å². The van der Waals surface area contributed by atoms with Crippen LogP contribution in [0, 0.1) is 0 Å². The Kier molecular flexibility index (Phi) is 7.19. The van der Waals surface area contributed by atoms with E-state index in [0.29, 0.717) is 13.1 Å². The van der Waals surface area contributed by atoms with Gasteiger partial charge in [0, 0.05) is 25.2 Å². The largest absolute Gasteiger partial charge is 0.444 e. The maximum absolute atomic E-state index is 12.4. The molecular formula is C21H35N3O5. The molecule has 2 rings (SSSR count). The van der Waals surface area contributed by atoms with Gasteiger partial charge in [0.2, 0.25) is 5.91 Å². The molecule has 1 saturated heterocycles. The molecule has 29 heavy (non-hydrogen) atoms. The molecule has 3 amide bonds. The zero-order chi connectivity index (χ0) is 21.8. The monoisotopic (exact) mass is 409 g/mol. The molecule has 1 aliphatic heterocycles. The molecule has 164 valence electrons. The molecule has 8 heteroatoms. The Hall–Kier alpha value is -2.25. The minimum absolute atomic E-state index is 0.136. The van der Waals surface area contributed by atoms with Gasteiger partial charge in [0.05, 0.1) is 6.04 Å². The summed E-state index contributed by atoms with van der Waals surface area (Å²) in [6, 6.07) is -0.289. The molecular weight excluding hydrogens is 374 g/mol. The summed E-state index contributed by atoms with van der Waals surface area (Å²) in [6.45, 7) is 11.7. The van der Waals surface area contributed by atoms with Gasteiger partial charge in [-0.3, -0.25) is 4.79 Å². The van der Waals surface area contributed by atoms with Crippen LogP contribution >= 0.6 is 0 Å². The summed E-state index contributed by atoms with van der Waals surface area (Å²) in [6.07, 6.45) is 4.31. The number of amides is 3. The molecule has 0 bridgehead atoms. The molecule has 8 nitrogen and oxygen atoms in total. The number of ether oxygens (including phenoxy) is 2. The molecule has 1 aliphatic carbocycles. The average molecular weight is 410 g/mol. The predicted molar refractivity (Wildman–Crippen MR) is 109 cm³/mol. The van der Waals surface area contributed by atoms with Gasteiger partial charge in [-0.2, -0.15) is 0 Å². The number of alkyl carbamates (subject to hydrolysis) is 1. The van der Waals surface area contributed by atoms with E-state index in [-0.39, 0.29) is 24.1 Å². The van der Waals surface area contributed by atoms with Crippen molar-refractivity contribution in [1.82, 2.24) is 15.5 Å². The molecule has 0 aromatic heterocycles. The van der Waals surface area contributed by atoms with E-state index in [2.05, 4.69) is 10.6 Å². The van der Waals surface area contributed by atoms with Crippen LogP contribution in [0.15, 0.2) is 11.6 Å². The Labute approximate surface area is 173 Å². The van der Waals surface area contributed by atoms with E-state index in [1.807, 2.05) is 41.5 Å². The van der Waals surface area contributed by atoms with Gasteiger partial charge in [0.15, 0.2) is 0 Å². The number of carbonyl (C=O) groups is 3. The van der Waals surface area contributed by atoms with Gasteiger partial charge in [-0.1, -0.05) is 12.8 Å². The molecule has 2 atom stereocenters. The van der Waals surface area contributed by atoms with Crippen molar-refractivity contribution >= 4 is 18.1 Å². The fraction of sp³-hybridized carbons (Fsp3) is 0.762. The van der Waals surface area contributed by atoms with E-state index < -0.39 is 17.3 Å². The Morgan fingerprint density at radius 3 is 1.93 bits per heavy atom. The van der Waals surface area contributed by atoms with Gasteiger partial charge in [0.1, 0.15) is 11.2 Å². The molecule has 0 spiro atoms. The van der Waals surface area contributed by atoms with Crippen LogP contribution in [0.2, 0.25) is 0 Å². The Morgan fingerprint density at radius 1 is 0.897 bits per heavy atom. The second kappa shape index (κ2) is 9.05. The summed E-state index contributed by atoms with van der Waals surface area (Å²) in [5.74, 6) is -0.202. The normalized spacial score (nSPS) is 22.3. The zero-order valence-corrected chi connectivity index (χ0v) is 18.5. The van der Waals surface area contributed by atoms with E-state index >= 15 is 0 Å². The molecule has 0 radical (unpaired) electrons. The zero-order valence-electron chi connectivity index (χ0n) is 18.5. The molecule has 0 aromatic carbocycles. The second-order valence-corrected chi connectivity index (χ2v) is 9.79. The quantitative estimate of drug-likeness (QED) is 0.698. The van der Waals surface area contributed by atoms with Crippen LogP contribution in [-0.4, -0.2) is 59.4 Å². The first kappa shape index (κ1) is 23.0. The lowest BCUT2D eigenvalue weighted by atomic mass is 9.90. The highest BCUT2D eigenvalue weighted by Gasteiger charge is 2.32. The number of carbonyl (C=O) groups excluding carboxylic acids is 3. The second-order valence-electron chi connectivity index (χ2n) is 9.79. The number of likely N-dealkylation sites (tertiary alicyclic amines) is 1. The van der Waals surface area contributed by atoms with Crippen LogP contribution in [0.4, 0.5) is 9.59 Å². The Balaban J connectivity index is 1.83. The van der Waals surface area contributed by atoms with Crippen molar-refractivity contribution in [2.45, 2.75) is 90.5 Å². The maximum Gasteiger partial charge on any atom is 0.410 e. The maximum atomic E-state index is 12.4. The van der Waals surface area contributed by atoms with Gasteiger partial charge >= 0.3 is 12.2 Å². The van der Waals surface area contributed by atoms with Crippen LogP contribution in [0.1, 0.15) is 67.2 Å². The van der Waals surface area contributed by atoms with Crippen molar-refractivity contribution in [2.24, 2.45) is 0 Å². The van der Waals surface area contributed by atoms with Gasteiger partial charge in [-0.05, 0) is 60.0 Å². The van der Waals surface area contributed by atoms with Gasteiger partial charge in [0.25, 0.3) is 0 Å². The van der Waals surface area contributed by atoms with E-state index in [4.69, 9.17) is 9.47 Å². The number of nitrogens with one attached hydrogen (secondary N) is 2. The third-order valence-corrected chi connectivity index (χ3v) is 4.57. The van der Waals surface area contributed by atoms with Crippen molar-refractivity contribution in [2.75, 3.05) is 13.1 Å². The average Bonchev–Trinajstić information content (AvgIpc) is 2.48. The van der Waals surface area contributed by atoms with Crippen LogP contribution in [0.5, 0.6) is 0 Å². The van der Waals surface area contributed by atoms with Crippen LogP contribution in [-0.2, 0) is 14.3 Å². The van der Waals surface area contributed by atoms with Crippen molar-refractivity contribution < 1.29 is 23.9 Å². The molecule has 1 heterocycles. The highest BCUT2D eigenvalue weighted by atomic mass is 16.6. The van der Waals surface area contributed by atoms with E-state index in [1.54, 1.807) is 11.0 Å². The first-order valence-electron chi connectivity index (χ1n) is 10.3. The van der Waals surface area contributed by atoms with Gasteiger partial charge in [-0.15, -0.1) is 0 Å². The standard InChI is InChI=1S/C21H35N3O5/c1-20(2,3)28-18(26)23-16-10-8-7-9-15(16)22-17(25)11-14-12-24(13-14)19(27)29-21(4,5)6/h11,15-16H,7-10,12-13H2,1-6H3,(H,22,25)(H,23,26)/t15-,16-/m1/s1. The minimum atomic E-state index is -0.563. The molecule has 0 unspecified atom stereocenters. The Morgan fingerprint density at radius 2 is 1.41 bits per heavy atom. The smallest absolute Gasteiger partial charge is 0.410 e. The first-order chi connectivity index (χ1) is 13.3. The van der Waals surface area contributed by atoms with E-state index in [1.165, 1.54) is 0 Å². The van der Waals surface area contributed by atoms with E-state index in [9.17, 15) is 14.4 Å². The summed E-state index contributed by atoms with van der Waals surface area (Å²) < 4.78 is 10.6. The number of nitrogens with zero attached hydrogens (tertiary/aromatic N) is 1. The summed E-state index contributed by atoms with van der Waals surface area (Å²) in [5.41, 5.74) is -0.224. The fourth-order valence-corrected chi connectivity index (χ4v) is 3.34. The lowest BCUT2D eigenvalue weighted by Gasteiger charge is -2.36. The Bertz CT molecular complexity index is 652. The van der Waals surface area contributed by atoms with Crippen LogP contribution in [0.3, 0.4) is 0 Å². The van der Waals surface area contributed by atoms with Crippen molar-refractivity contribution in [1.29, 1.82) is 0 Å². The third kappa shape index (κ3) is 7.95. The van der Waals surface area contributed by atoms with Crippen molar-refractivity contribution in [3.8, 4) is 0 Å². The van der Waals surface area contributed by atoms with Gasteiger partial charge < -0.3 is 25.0 Å².